The van der Waals surface area contributed by atoms with Gasteiger partial charge in [-0.25, -0.2) is 0 Å². The van der Waals surface area contributed by atoms with E-state index in [0.29, 0.717) is 12.5 Å². The highest BCUT2D eigenvalue weighted by molar-refractivity contribution is 5.79. The molecule has 1 saturated heterocycles. The van der Waals surface area contributed by atoms with E-state index in [-0.39, 0.29) is 5.54 Å². The van der Waals surface area contributed by atoms with Crippen molar-refractivity contribution in [2.24, 2.45) is 4.99 Å². The zero-order valence-electron chi connectivity index (χ0n) is 15.9. The van der Waals surface area contributed by atoms with Gasteiger partial charge < -0.3 is 15.2 Å². The highest BCUT2D eigenvalue weighted by atomic mass is 16.5. The summed E-state index contributed by atoms with van der Waals surface area (Å²) in [4.78, 5) is 6.88. The van der Waals surface area contributed by atoms with Crippen LogP contribution in [0.4, 0.5) is 0 Å². The van der Waals surface area contributed by atoms with E-state index in [0.717, 1.165) is 24.0 Å². The van der Waals surface area contributed by atoms with Gasteiger partial charge in [-0.2, -0.15) is 0 Å². The zero-order valence-corrected chi connectivity index (χ0v) is 15.9. The zero-order chi connectivity index (χ0) is 17.6. The van der Waals surface area contributed by atoms with Gasteiger partial charge in [-0.15, -0.1) is 0 Å². The second kappa shape index (κ2) is 8.51. The Morgan fingerprint density at radius 3 is 2.58 bits per heavy atom. The fourth-order valence-electron chi connectivity index (χ4n) is 2.99. The molecule has 1 aliphatic heterocycles. The summed E-state index contributed by atoms with van der Waals surface area (Å²) >= 11 is 0. The number of aliphatic imine (C=N–C) groups is 1. The number of piperidine rings is 1. The Labute approximate surface area is 146 Å². The van der Waals surface area contributed by atoms with Crippen molar-refractivity contribution in [2.45, 2.75) is 65.0 Å². The molecule has 0 spiro atoms. The first kappa shape index (κ1) is 18.8. The lowest BCUT2D eigenvalue weighted by molar-refractivity contribution is 0.0982. The van der Waals surface area contributed by atoms with Crippen molar-refractivity contribution in [3.8, 4) is 0 Å². The van der Waals surface area contributed by atoms with Crippen LogP contribution in [0, 0.1) is 0 Å². The van der Waals surface area contributed by atoms with Gasteiger partial charge in [-0.1, -0.05) is 25.4 Å². The number of nitrogens with zero attached hydrogens (tertiary/aromatic N) is 3. The smallest absolute Gasteiger partial charge is 0.191 e. The van der Waals surface area contributed by atoms with Crippen molar-refractivity contribution >= 4 is 5.96 Å². The molecule has 2 rings (SSSR count). The number of hydrogen-bond donors (Lipinski definition) is 2. The molecule has 0 atom stereocenters. The van der Waals surface area contributed by atoms with Gasteiger partial charge in [0.1, 0.15) is 0 Å². The maximum atomic E-state index is 5.36. The lowest BCUT2D eigenvalue weighted by atomic mass is 9.98. The summed E-state index contributed by atoms with van der Waals surface area (Å²) in [7, 11) is 1.79. The normalized spacial score (nSPS) is 17.3. The third-order valence-corrected chi connectivity index (χ3v) is 4.72. The molecule has 1 aromatic heterocycles. The van der Waals surface area contributed by atoms with E-state index in [1.807, 2.05) is 6.07 Å². The van der Waals surface area contributed by atoms with Crippen LogP contribution >= 0.6 is 0 Å². The van der Waals surface area contributed by atoms with E-state index < -0.39 is 0 Å². The highest BCUT2D eigenvalue weighted by Gasteiger charge is 2.27. The van der Waals surface area contributed by atoms with Gasteiger partial charge in [0.15, 0.2) is 11.7 Å². The molecule has 6 heteroatoms. The molecular weight excluding hydrogens is 302 g/mol. The van der Waals surface area contributed by atoms with Gasteiger partial charge in [0.25, 0.3) is 0 Å². The number of guanidine groups is 1. The molecule has 0 aliphatic carbocycles. The van der Waals surface area contributed by atoms with Crippen LogP contribution in [-0.2, 0) is 6.54 Å². The number of aromatic nitrogens is 1. The van der Waals surface area contributed by atoms with E-state index in [1.54, 1.807) is 7.05 Å². The Bertz CT molecular complexity index is 529. The van der Waals surface area contributed by atoms with Crippen molar-refractivity contribution in [1.82, 2.24) is 20.7 Å². The summed E-state index contributed by atoms with van der Waals surface area (Å²) in [5.41, 5.74) is 1.11. The molecule has 0 radical (unpaired) electrons. The fourth-order valence-corrected chi connectivity index (χ4v) is 2.99. The van der Waals surface area contributed by atoms with Gasteiger partial charge in [-0.05, 0) is 45.7 Å². The van der Waals surface area contributed by atoms with Gasteiger partial charge in [0, 0.05) is 25.2 Å². The van der Waals surface area contributed by atoms with E-state index in [4.69, 9.17) is 4.52 Å². The molecule has 0 saturated carbocycles. The minimum Gasteiger partial charge on any atom is -0.359 e. The highest BCUT2D eigenvalue weighted by Crippen LogP contribution is 2.19. The van der Waals surface area contributed by atoms with Gasteiger partial charge in [0.2, 0.25) is 0 Å². The van der Waals surface area contributed by atoms with E-state index in [2.05, 4.69) is 53.4 Å². The summed E-state index contributed by atoms with van der Waals surface area (Å²) in [5, 5.41) is 10.8. The van der Waals surface area contributed by atoms with Gasteiger partial charge in [-0.3, -0.25) is 9.89 Å². The van der Waals surface area contributed by atoms with Crippen LogP contribution in [0.3, 0.4) is 0 Å². The summed E-state index contributed by atoms with van der Waals surface area (Å²) < 4.78 is 5.36. The monoisotopic (exact) mass is 335 g/mol. The van der Waals surface area contributed by atoms with Crippen LogP contribution in [0.2, 0.25) is 0 Å². The average Bonchev–Trinajstić information content (AvgIpc) is 3.05. The third-order valence-electron chi connectivity index (χ3n) is 4.72. The van der Waals surface area contributed by atoms with Gasteiger partial charge >= 0.3 is 0 Å². The van der Waals surface area contributed by atoms with Crippen molar-refractivity contribution < 1.29 is 4.52 Å². The molecular formula is C18H33N5O. The Balaban J connectivity index is 1.81. The first-order valence-corrected chi connectivity index (χ1v) is 9.07. The summed E-state index contributed by atoms with van der Waals surface area (Å²) in [6, 6.07) is 2.00. The first-order chi connectivity index (χ1) is 11.4. The van der Waals surface area contributed by atoms with Crippen LogP contribution in [0.1, 0.15) is 64.3 Å². The van der Waals surface area contributed by atoms with Crippen molar-refractivity contribution in [3.63, 3.8) is 0 Å². The SMILES string of the molecule is CN=C(NCc1cc(C(C)C)no1)NCC(C)(C)N1CCCCC1. The Hall–Kier alpha value is -1.56. The molecule has 1 fully saturated rings. The molecule has 2 heterocycles. The van der Waals surface area contributed by atoms with Crippen LogP contribution in [0.5, 0.6) is 0 Å². The lowest BCUT2D eigenvalue weighted by Crippen LogP contribution is -2.54. The van der Waals surface area contributed by atoms with Crippen LogP contribution in [0.15, 0.2) is 15.6 Å². The predicted molar refractivity (Wildman–Crippen MR) is 98.3 cm³/mol. The molecule has 136 valence electrons. The second-order valence-corrected chi connectivity index (χ2v) is 7.51. The molecule has 2 N–H and O–H groups in total. The molecule has 0 aromatic carbocycles. The Morgan fingerprint density at radius 2 is 2.00 bits per heavy atom. The molecule has 0 unspecified atom stereocenters. The Morgan fingerprint density at radius 1 is 1.29 bits per heavy atom. The largest absolute Gasteiger partial charge is 0.359 e. The number of rotatable bonds is 6. The van der Waals surface area contributed by atoms with E-state index in [1.165, 1.54) is 32.4 Å². The first-order valence-electron chi connectivity index (χ1n) is 9.07. The second-order valence-electron chi connectivity index (χ2n) is 7.51. The van der Waals surface area contributed by atoms with Crippen LogP contribution < -0.4 is 10.6 Å². The molecule has 1 aromatic rings. The van der Waals surface area contributed by atoms with Gasteiger partial charge in [0.05, 0.1) is 12.2 Å². The topological polar surface area (TPSA) is 65.7 Å². The maximum Gasteiger partial charge on any atom is 0.191 e. The quantitative estimate of drug-likeness (QED) is 0.618. The Kier molecular flexibility index (Phi) is 6.66. The summed E-state index contributed by atoms with van der Waals surface area (Å²) in [6.07, 6.45) is 3.97. The number of likely N-dealkylation sites (tertiary alicyclic amines) is 1. The molecule has 24 heavy (non-hydrogen) atoms. The summed E-state index contributed by atoms with van der Waals surface area (Å²) in [6.45, 7) is 12.6. The molecule has 0 bridgehead atoms. The molecule has 6 nitrogen and oxygen atoms in total. The van der Waals surface area contributed by atoms with Crippen LogP contribution in [-0.4, -0.2) is 48.2 Å². The maximum absolute atomic E-state index is 5.36. The third kappa shape index (κ3) is 5.23. The van der Waals surface area contributed by atoms with Crippen molar-refractivity contribution in [1.29, 1.82) is 0 Å². The molecule has 0 amide bonds. The minimum atomic E-state index is 0.120. The van der Waals surface area contributed by atoms with Crippen molar-refractivity contribution in [3.05, 3.63) is 17.5 Å². The number of hydrogen-bond acceptors (Lipinski definition) is 4. The van der Waals surface area contributed by atoms with Crippen molar-refractivity contribution in [2.75, 3.05) is 26.7 Å². The van der Waals surface area contributed by atoms with E-state index in [9.17, 15) is 0 Å². The number of nitrogens with one attached hydrogen (secondary N) is 2. The summed E-state index contributed by atoms with van der Waals surface area (Å²) in [5.74, 6) is 2.00. The predicted octanol–water partition coefficient (Wildman–Crippen LogP) is 2.73. The lowest BCUT2D eigenvalue weighted by Gasteiger charge is -2.41. The molecule has 1 aliphatic rings. The van der Waals surface area contributed by atoms with Crippen LogP contribution in [0.25, 0.3) is 0 Å². The standard InChI is InChI=1S/C18H33N5O/c1-14(2)16-11-15(24-22-16)12-20-17(19-5)21-13-18(3,4)23-9-7-6-8-10-23/h11,14H,6-10,12-13H2,1-5H3,(H2,19,20,21). The fraction of sp³-hybridized carbons (Fsp3) is 0.778. The van der Waals surface area contributed by atoms with E-state index >= 15 is 0 Å². The average molecular weight is 335 g/mol. The minimum absolute atomic E-state index is 0.120.